The van der Waals surface area contributed by atoms with E-state index < -0.39 is 0 Å². The highest BCUT2D eigenvalue weighted by Gasteiger charge is 2.29. The third-order valence-electron chi connectivity index (χ3n) is 2.41. The van der Waals surface area contributed by atoms with E-state index in [1.54, 1.807) is 0 Å². The topological polar surface area (TPSA) is 12.0 Å². The van der Waals surface area contributed by atoms with Gasteiger partial charge in [0.2, 0.25) is 0 Å². The van der Waals surface area contributed by atoms with E-state index in [1.807, 2.05) is 0 Å². The second kappa shape index (κ2) is 4.32. The molecule has 1 nitrogen and oxygen atoms in total. The van der Waals surface area contributed by atoms with E-state index in [9.17, 15) is 0 Å². The molecule has 1 aliphatic rings. The van der Waals surface area contributed by atoms with E-state index >= 15 is 0 Å². The number of alkyl halides is 1. The van der Waals surface area contributed by atoms with Gasteiger partial charge in [-0.1, -0.05) is 6.92 Å². The highest BCUT2D eigenvalue weighted by molar-refractivity contribution is 6.21. The van der Waals surface area contributed by atoms with Crippen LogP contribution in [0.25, 0.3) is 0 Å². The number of rotatable bonds is 5. The van der Waals surface area contributed by atoms with E-state index in [0.717, 1.165) is 12.5 Å². The summed E-state index contributed by atoms with van der Waals surface area (Å²) in [5.41, 5.74) is 0. The first-order valence-corrected chi connectivity index (χ1v) is 5.05. The van der Waals surface area contributed by atoms with Gasteiger partial charge in [-0.3, -0.25) is 0 Å². The zero-order valence-electron chi connectivity index (χ0n) is 7.44. The molecule has 1 saturated carbocycles. The van der Waals surface area contributed by atoms with Gasteiger partial charge in [-0.2, -0.15) is 0 Å². The van der Waals surface area contributed by atoms with E-state index in [4.69, 9.17) is 11.6 Å². The van der Waals surface area contributed by atoms with E-state index in [2.05, 4.69) is 19.2 Å². The molecule has 1 N–H and O–H groups in total. The Labute approximate surface area is 74.5 Å². The number of hydrogen-bond acceptors (Lipinski definition) is 1. The Kier molecular flexibility index (Phi) is 3.67. The largest absolute Gasteiger partial charge is 0.313 e. The molecule has 0 heterocycles. The lowest BCUT2D eigenvalue weighted by atomic mass is 10.2. The maximum Gasteiger partial charge on any atom is 0.0488 e. The summed E-state index contributed by atoms with van der Waals surface area (Å²) in [6.45, 7) is 5.38. The molecule has 1 rings (SSSR count). The summed E-state index contributed by atoms with van der Waals surface area (Å²) in [5.74, 6) is 0.813. The molecule has 66 valence electrons. The number of halogens is 1. The summed E-state index contributed by atoms with van der Waals surface area (Å²) in [6.07, 6.45) is 3.88. The summed E-state index contributed by atoms with van der Waals surface area (Å²) < 4.78 is 0. The molecule has 0 spiro atoms. The van der Waals surface area contributed by atoms with Gasteiger partial charge >= 0.3 is 0 Å². The zero-order valence-corrected chi connectivity index (χ0v) is 8.19. The van der Waals surface area contributed by atoms with Gasteiger partial charge in [0, 0.05) is 18.0 Å². The number of nitrogens with one attached hydrogen (secondary N) is 1. The van der Waals surface area contributed by atoms with Crippen LogP contribution < -0.4 is 5.32 Å². The van der Waals surface area contributed by atoms with Crippen LogP contribution in [0.4, 0.5) is 0 Å². The third kappa shape index (κ3) is 3.44. The Morgan fingerprint density at radius 1 is 1.55 bits per heavy atom. The molecule has 0 radical (unpaired) electrons. The molecule has 11 heavy (non-hydrogen) atoms. The molecule has 0 aromatic carbocycles. The van der Waals surface area contributed by atoms with Crippen LogP contribution in [0, 0.1) is 5.92 Å². The van der Waals surface area contributed by atoms with Crippen molar-refractivity contribution in [2.75, 3.05) is 6.54 Å². The maximum absolute atomic E-state index is 6.12. The molecule has 0 bridgehead atoms. The van der Waals surface area contributed by atoms with Gasteiger partial charge in [-0.15, -0.1) is 11.6 Å². The van der Waals surface area contributed by atoms with Crippen molar-refractivity contribution in [2.24, 2.45) is 5.92 Å². The average Bonchev–Trinajstić information content (AvgIpc) is 2.81. The van der Waals surface area contributed by atoms with Gasteiger partial charge in [-0.05, 0) is 32.1 Å². The lowest BCUT2D eigenvalue weighted by Gasteiger charge is -2.14. The van der Waals surface area contributed by atoms with Crippen LogP contribution in [-0.2, 0) is 0 Å². The van der Waals surface area contributed by atoms with Crippen LogP contribution in [0.15, 0.2) is 0 Å². The van der Waals surface area contributed by atoms with Crippen molar-refractivity contribution in [3.05, 3.63) is 0 Å². The maximum atomic E-state index is 6.12. The lowest BCUT2D eigenvalue weighted by Crippen LogP contribution is -2.31. The number of hydrogen-bond donors (Lipinski definition) is 1. The van der Waals surface area contributed by atoms with Crippen molar-refractivity contribution in [3.63, 3.8) is 0 Å². The van der Waals surface area contributed by atoms with Crippen molar-refractivity contribution >= 4 is 11.6 Å². The predicted molar refractivity (Wildman–Crippen MR) is 50.1 cm³/mol. The average molecular weight is 176 g/mol. The van der Waals surface area contributed by atoms with Crippen LogP contribution in [0.3, 0.4) is 0 Å². The SMILES string of the molecule is CCC(C)NCC(Cl)C1CC1. The van der Waals surface area contributed by atoms with Crippen LogP contribution >= 0.6 is 11.6 Å². The van der Waals surface area contributed by atoms with E-state index in [0.29, 0.717) is 11.4 Å². The van der Waals surface area contributed by atoms with Crippen molar-refractivity contribution in [3.8, 4) is 0 Å². The third-order valence-corrected chi connectivity index (χ3v) is 2.92. The van der Waals surface area contributed by atoms with Crippen LogP contribution in [0.5, 0.6) is 0 Å². The molecule has 2 heteroatoms. The Morgan fingerprint density at radius 3 is 2.64 bits per heavy atom. The van der Waals surface area contributed by atoms with E-state index in [-0.39, 0.29) is 0 Å². The molecule has 0 amide bonds. The van der Waals surface area contributed by atoms with Crippen LogP contribution in [0.1, 0.15) is 33.1 Å². The minimum Gasteiger partial charge on any atom is -0.313 e. The van der Waals surface area contributed by atoms with Gasteiger partial charge in [0.25, 0.3) is 0 Å². The highest BCUT2D eigenvalue weighted by atomic mass is 35.5. The van der Waals surface area contributed by atoms with Crippen molar-refractivity contribution < 1.29 is 0 Å². The van der Waals surface area contributed by atoms with Crippen molar-refractivity contribution in [1.29, 1.82) is 0 Å². The Hall–Kier alpha value is 0.250. The summed E-state index contributed by atoms with van der Waals surface area (Å²) in [6, 6.07) is 0.620. The van der Waals surface area contributed by atoms with Crippen molar-refractivity contribution in [2.45, 2.75) is 44.5 Å². The highest BCUT2D eigenvalue weighted by Crippen LogP contribution is 2.35. The zero-order chi connectivity index (χ0) is 8.27. The first-order valence-electron chi connectivity index (χ1n) is 4.61. The molecule has 1 aliphatic carbocycles. The Morgan fingerprint density at radius 2 is 2.18 bits per heavy atom. The first-order chi connectivity index (χ1) is 5.24. The minimum absolute atomic E-state index is 0.379. The molecule has 2 unspecified atom stereocenters. The molecule has 0 aromatic heterocycles. The molecule has 0 aliphatic heterocycles. The summed E-state index contributed by atoms with van der Waals surface area (Å²) in [5, 5.41) is 3.80. The Bertz CT molecular complexity index is 112. The van der Waals surface area contributed by atoms with Gasteiger partial charge in [-0.25, -0.2) is 0 Å². The fourth-order valence-corrected chi connectivity index (χ4v) is 1.42. The molecule has 2 atom stereocenters. The lowest BCUT2D eigenvalue weighted by molar-refractivity contribution is 0.514. The molecule has 0 aromatic rings. The predicted octanol–water partition coefficient (Wildman–Crippen LogP) is 2.39. The van der Waals surface area contributed by atoms with Gasteiger partial charge < -0.3 is 5.32 Å². The van der Waals surface area contributed by atoms with Crippen LogP contribution in [-0.4, -0.2) is 18.0 Å². The smallest absolute Gasteiger partial charge is 0.0488 e. The minimum atomic E-state index is 0.379. The van der Waals surface area contributed by atoms with Gasteiger partial charge in [0.1, 0.15) is 0 Å². The first kappa shape index (κ1) is 9.34. The molecule has 0 saturated heterocycles. The summed E-state index contributed by atoms with van der Waals surface area (Å²) in [7, 11) is 0. The molecule has 1 fully saturated rings. The monoisotopic (exact) mass is 175 g/mol. The van der Waals surface area contributed by atoms with E-state index in [1.165, 1.54) is 19.3 Å². The normalized spacial score (nSPS) is 23.2. The fourth-order valence-electron chi connectivity index (χ4n) is 1.08. The second-order valence-corrected chi connectivity index (χ2v) is 4.13. The Balaban J connectivity index is 2.00. The molecular weight excluding hydrogens is 158 g/mol. The quantitative estimate of drug-likeness (QED) is 0.633. The summed E-state index contributed by atoms with van der Waals surface area (Å²) >= 11 is 6.12. The van der Waals surface area contributed by atoms with Crippen LogP contribution in [0.2, 0.25) is 0 Å². The fraction of sp³-hybridized carbons (Fsp3) is 1.00. The van der Waals surface area contributed by atoms with Gasteiger partial charge in [0.15, 0.2) is 0 Å². The second-order valence-electron chi connectivity index (χ2n) is 3.57. The standard InChI is InChI=1S/C9H18ClN/c1-3-7(2)11-6-9(10)8-4-5-8/h7-9,11H,3-6H2,1-2H3. The van der Waals surface area contributed by atoms with Crippen molar-refractivity contribution in [1.82, 2.24) is 5.32 Å². The molecular formula is C9H18ClN. The van der Waals surface area contributed by atoms with Gasteiger partial charge in [0.05, 0.1) is 0 Å². The summed E-state index contributed by atoms with van der Waals surface area (Å²) in [4.78, 5) is 0.